The van der Waals surface area contributed by atoms with Gasteiger partial charge in [0.05, 0.1) is 10.9 Å². The minimum atomic E-state index is -4.12. The average Bonchev–Trinajstić information content (AvgIpc) is 2.40. The maximum atomic E-state index is 13.1. The largest absolute Gasteiger partial charge is 0.391 e. The first-order valence-electron chi connectivity index (χ1n) is 6.56. The van der Waals surface area contributed by atoms with E-state index in [1.165, 1.54) is 12.1 Å². The Balaban J connectivity index is 2.01. The topological polar surface area (TPSA) is 26.0 Å². The van der Waals surface area contributed by atoms with E-state index in [9.17, 15) is 17.6 Å². The first-order chi connectivity index (χ1) is 9.29. The Kier molecular flexibility index (Phi) is 4.59. The van der Waals surface area contributed by atoms with Crippen molar-refractivity contribution < 1.29 is 17.6 Å². The Bertz CT molecular complexity index is 467. The van der Waals surface area contributed by atoms with E-state index in [0.29, 0.717) is 18.4 Å². The first-order valence-corrected chi connectivity index (χ1v) is 6.94. The molecule has 1 atom stereocenters. The molecule has 0 bridgehead atoms. The van der Waals surface area contributed by atoms with Gasteiger partial charge in [-0.05, 0) is 49.3 Å². The molecule has 2 N–H and O–H groups in total. The summed E-state index contributed by atoms with van der Waals surface area (Å²) >= 11 is 5.70. The Morgan fingerprint density at radius 2 is 1.75 bits per heavy atom. The van der Waals surface area contributed by atoms with Crippen LogP contribution >= 0.6 is 11.6 Å². The zero-order chi connectivity index (χ0) is 14.9. The summed E-state index contributed by atoms with van der Waals surface area (Å²) in [6.07, 6.45) is -3.04. The molecule has 6 heteroatoms. The Labute approximate surface area is 120 Å². The molecule has 0 aliphatic heterocycles. The van der Waals surface area contributed by atoms with E-state index in [1.54, 1.807) is 6.07 Å². The highest BCUT2D eigenvalue weighted by molar-refractivity contribution is 6.30. The Morgan fingerprint density at radius 1 is 1.15 bits per heavy atom. The smallest absolute Gasteiger partial charge is 0.324 e. The Morgan fingerprint density at radius 3 is 2.25 bits per heavy atom. The summed E-state index contributed by atoms with van der Waals surface area (Å²) in [5, 5.41) is -0.0121. The van der Waals surface area contributed by atoms with Gasteiger partial charge in [-0.1, -0.05) is 17.7 Å². The van der Waals surface area contributed by atoms with Crippen LogP contribution in [0.3, 0.4) is 0 Å². The second-order valence-corrected chi connectivity index (χ2v) is 5.76. The summed E-state index contributed by atoms with van der Waals surface area (Å²) in [7, 11) is 0. The lowest BCUT2D eigenvalue weighted by Gasteiger charge is -2.33. The van der Waals surface area contributed by atoms with Gasteiger partial charge in [0.2, 0.25) is 0 Å². The molecule has 1 aromatic rings. The quantitative estimate of drug-likeness (QED) is 0.777. The summed E-state index contributed by atoms with van der Waals surface area (Å²) < 4.78 is 50.9. The van der Waals surface area contributed by atoms with Gasteiger partial charge in [0, 0.05) is 6.04 Å². The number of alkyl halides is 3. The number of rotatable bonds is 2. The second-order valence-electron chi connectivity index (χ2n) is 5.35. The molecule has 0 saturated heterocycles. The number of benzene rings is 1. The van der Waals surface area contributed by atoms with E-state index < -0.39 is 24.0 Å². The molecule has 1 aliphatic rings. The molecule has 0 heterocycles. The molecule has 0 radical (unpaired) electrons. The highest BCUT2D eigenvalue weighted by Crippen LogP contribution is 2.42. The third-order valence-electron chi connectivity index (χ3n) is 4.07. The van der Waals surface area contributed by atoms with Crippen LogP contribution in [0, 0.1) is 17.7 Å². The van der Waals surface area contributed by atoms with Crippen LogP contribution in [-0.2, 0) is 0 Å². The third-order valence-corrected chi connectivity index (χ3v) is 4.36. The van der Waals surface area contributed by atoms with Crippen LogP contribution in [0.15, 0.2) is 18.2 Å². The van der Waals surface area contributed by atoms with Crippen molar-refractivity contribution in [1.29, 1.82) is 0 Å². The summed E-state index contributed by atoms with van der Waals surface area (Å²) in [6, 6.07) is 3.83. The van der Waals surface area contributed by atoms with Crippen molar-refractivity contribution in [3.8, 4) is 0 Å². The average molecular weight is 310 g/mol. The molecule has 1 aliphatic carbocycles. The van der Waals surface area contributed by atoms with Crippen LogP contribution in [0.2, 0.25) is 5.02 Å². The van der Waals surface area contributed by atoms with Crippen molar-refractivity contribution in [2.75, 3.05) is 0 Å². The minimum Gasteiger partial charge on any atom is -0.324 e. The van der Waals surface area contributed by atoms with Gasteiger partial charge >= 0.3 is 6.18 Å². The predicted octanol–water partition coefficient (Wildman–Crippen LogP) is 4.85. The maximum absolute atomic E-state index is 13.1. The lowest BCUT2D eigenvalue weighted by atomic mass is 9.77. The fourth-order valence-electron chi connectivity index (χ4n) is 2.80. The number of hydrogen-bond acceptors (Lipinski definition) is 1. The Hall–Kier alpha value is -0.810. The third kappa shape index (κ3) is 3.44. The van der Waals surface area contributed by atoms with Crippen LogP contribution in [-0.4, -0.2) is 6.18 Å². The van der Waals surface area contributed by atoms with Crippen molar-refractivity contribution in [3.05, 3.63) is 34.6 Å². The van der Waals surface area contributed by atoms with Gasteiger partial charge in [0.1, 0.15) is 5.82 Å². The molecule has 0 spiro atoms. The molecule has 1 nitrogen and oxygen atoms in total. The van der Waals surface area contributed by atoms with E-state index in [0.717, 1.165) is 0 Å². The number of nitrogens with two attached hydrogens (primary N) is 1. The lowest BCUT2D eigenvalue weighted by Crippen LogP contribution is -2.31. The summed E-state index contributed by atoms with van der Waals surface area (Å²) in [4.78, 5) is 0. The van der Waals surface area contributed by atoms with Crippen molar-refractivity contribution in [3.63, 3.8) is 0 Å². The minimum absolute atomic E-state index is 0.0121. The van der Waals surface area contributed by atoms with Gasteiger partial charge in [-0.15, -0.1) is 0 Å². The summed E-state index contributed by atoms with van der Waals surface area (Å²) in [5.74, 6) is -1.76. The van der Waals surface area contributed by atoms with Crippen LogP contribution in [0.1, 0.15) is 37.3 Å². The monoisotopic (exact) mass is 309 g/mol. The van der Waals surface area contributed by atoms with Crippen molar-refractivity contribution in [2.24, 2.45) is 17.6 Å². The molecular weight excluding hydrogens is 294 g/mol. The van der Waals surface area contributed by atoms with E-state index in [-0.39, 0.29) is 23.8 Å². The molecule has 112 valence electrons. The van der Waals surface area contributed by atoms with E-state index in [4.69, 9.17) is 17.3 Å². The molecular formula is C14H16ClF4N. The van der Waals surface area contributed by atoms with Crippen molar-refractivity contribution in [2.45, 2.75) is 37.9 Å². The lowest BCUT2D eigenvalue weighted by molar-refractivity contribution is -0.184. The van der Waals surface area contributed by atoms with Gasteiger partial charge < -0.3 is 5.73 Å². The van der Waals surface area contributed by atoms with E-state index in [2.05, 4.69) is 0 Å². The highest BCUT2D eigenvalue weighted by atomic mass is 35.5. The SMILES string of the molecule is NC(c1ccc(F)c(Cl)c1)C1CCC(C(F)(F)F)CC1. The number of hydrogen-bond donors (Lipinski definition) is 1. The molecule has 0 aromatic heterocycles. The normalized spacial score (nSPS) is 25.5. The molecule has 2 rings (SSSR count). The van der Waals surface area contributed by atoms with Crippen LogP contribution < -0.4 is 5.73 Å². The van der Waals surface area contributed by atoms with Crippen molar-refractivity contribution >= 4 is 11.6 Å². The zero-order valence-corrected chi connectivity index (χ0v) is 11.5. The van der Waals surface area contributed by atoms with Gasteiger partial charge in [0.15, 0.2) is 0 Å². The van der Waals surface area contributed by atoms with E-state index in [1.807, 2.05) is 0 Å². The standard InChI is InChI=1S/C14H16ClF4N/c15-11-7-9(3-6-12(11)16)13(20)8-1-4-10(5-2-8)14(17,18)19/h3,6-8,10,13H,1-2,4-5,20H2. The van der Waals surface area contributed by atoms with E-state index >= 15 is 0 Å². The fraction of sp³-hybridized carbons (Fsp3) is 0.571. The first kappa shape index (κ1) is 15.6. The molecule has 1 fully saturated rings. The molecule has 1 aromatic carbocycles. The predicted molar refractivity (Wildman–Crippen MR) is 69.8 cm³/mol. The molecule has 1 saturated carbocycles. The summed E-state index contributed by atoms with van der Waals surface area (Å²) in [5.41, 5.74) is 6.75. The highest BCUT2D eigenvalue weighted by Gasteiger charge is 2.42. The van der Waals surface area contributed by atoms with Gasteiger partial charge in [-0.3, -0.25) is 0 Å². The second kappa shape index (κ2) is 5.90. The summed E-state index contributed by atoms with van der Waals surface area (Å²) in [6.45, 7) is 0. The number of halogens is 5. The zero-order valence-electron chi connectivity index (χ0n) is 10.8. The van der Waals surface area contributed by atoms with Crippen LogP contribution in [0.25, 0.3) is 0 Å². The molecule has 1 unspecified atom stereocenters. The van der Waals surface area contributed by atoms with Crippen molar-refractivity contribution in [1.82, 2.24) is 0 Å². The van der Waals surface area contributed by atoms with Crippen LogP contribution in [0.5, 0.6) is 0 Å². The fourth-order valence-corrected chi connectivity index (χ4v) is 2.99. The molecule has 20 heavy (non-hydrogen) atoms. The van der Waals surface area contributed by atoms with Gasteiger partial charge in [0.25, 0.3) is 0 Å². The van der Waals surface area contributed by atoms with Gasteiger partial charge in [-0.25, -0.2) is 4.39 Å². The van der Waals surface area contributed by atoms with Gasteiger partial charge in [-0.2, -0.15) is 13.2 Å². The molecule has 0 amide bonds. The maximum Gasteiger partial charge on any atom is 0.391 e. The van der Waals surface area contributed by atoms with Crippen LogP contribution in [0.4, 0.5) is 17.6 Å².